The maximum absolute atomic E-state index is 5.59. The molecule has 0 aromatic carbocycles. The van der Waals surface area contributed by atoms with Gasteiger partial charge in [-0.05, 0) is 85.0 Å². The minimum atomic E-state index is 0.313. The second-order valence-corrected chi connectivity index (χ2v) is 10.9. The lowest BCUT2D eigenvalue weighted by atomic mass is 9.93. The van der Waals surface area contributed by atoms with E-state index in [-0.39, 0.29) is 0 Å². The van der Waals surface area contributed by atoms with Gasteiger partial charge in [-0.1, -0.05) is 96.2 Å². The van der Waals surface area contributed by atoms with Crippen molar-refractivity contribution < 1.29 is 18.9 Å². The van der Waals surface area contributed by atoms with Crippen LogP contribution in [-0.2, 0) is 32.0 Å². The minimum Gasteiger partial charge on any atom is -0.470 e. The smallest absolute Gasteiger partial charge is 0.231 e. The molecule has 7 nitrogen and oxygen atoms in total. The molecule has 0 N–H and O–H groups in total. The summed E-state index contributed by atoms with van der Waals surface area (Å²) < 4.78 is 23.4. The fourth-order valence-corrected chi connectivity index (χ4v) is 4.78. The molecule has 1 aliphatic carbocycles. The number of ether oxygens (including phenoxy) is 4. The van der Waals surface area contributed by atoms with Gasteiger partial charge in [0.25, 0.3) is 0 Å². The average Bonchev–Trinajstić information content (AvgIpc) is 3.95. The summed E-state index contributed by atoms with van der Waals surface area (Å²) in [5, 5.41) is 0. The molecule has 0 spiro atoms. The maximum Gasteiger partial charge on any atom is 0.231 e. The molecule has 0 saturated carbocycles. The van der Waals surface area contributed by atoms with E-state index in [4.69, 9.17) is 23.9 Å². The number of rotatable bonds is 12. The van der Waals surface area contributed by atoms with Gasteiger partial charge in [-0.15, -0.1) is 6.58 Å². The Hall–Kier alpha value is -3.55. The van der Waals surface area contributed by atoms with Gasteiger partial charge in [0, 0.05) is 38.3 Å². The summed E-state index contributed by atoms with van der Waals surface area (Å²) in [4.78, 5) is 7.38. The highest BCUT2D eigenvalue weighted by atomic mass is 16.7. The molecule has 0 bridgehead atoms. The minimum absolute atomic E-state index is 0.313. The largest absolute Gasteiger partial charge is 0.470 e. The predicted octanol–water partition coefficient (Wildman–Crippen LogP) is 12.0. The van der Waals surface area contributed by atoms with Gasteiger partial charge in [0.15, 0.2) is 18.3 Å². The molecule has 0 amide bonds. The zero-order valence-electron chi connectivity index (χ0n) is 33.6. The quantitative estimate of drug-likeness (QED) is 0.160. The van der Waals surface area contributed by atoms with E-state index < -0.39 is 0 Å². The highest BCUT2D eigenvalue weighted by Gasteiger charge is 2.21. The summed E-state index contributed by atoms with van der Waals surface area (Å²) in [6.45, 7) is 32.4. The highest BCUT2D eigenvalue weighted by molar-refractivity contribution is 5.21. The molecule has 0 radical (unpaired) electrons. The second-order valence-electron chi connectivity index (χ2n) is 10.9. The van der Waals surface area contributed by atoms with Gasteiger partial charge in [0.1, 0.15) is 18.2 Å². The maximum atomic E-state index is 5.59. The number of hydrogen-bond donors (Lipinski definition) is 0. The van der Waals surface area contributed by atoms with Crippen LogP contribution in [0.15, 0.2) is 103 Å². The normalized spacial score (nSPS) is 18.3. The molecule has 284 valence electrons. The Bertz CT molecular complexity index is 1140. The monoisotopic (exact) mass is 696 g/mol. The van der Waals surface area contributed by atoms with Crippen LogP contribution in [0.4, 0.5) is 0 Å². The van der Waals surface area contributed by atoms with Crippen LogP contribution in [0.5, 0.6) is 0 Å². The lowest BCUT2D eigenvalue weighted by Crippen LogP contribution is -2.26. The zero-order chi connectivity index (χ0) is 37.8. The Balaban J connectivity index is 0. The third kappa shape index (κ3) is 21.5. The lowest BCUT2D eigenvalue weighted by Gasteiger charge is -2.23. The Morgan fingerprint density at radius 2 is 1.64 bits per heavy atom. The van der Waals surface area contributed by atoms with Gasteiger partial charge in [0.05, 0.1) is 5.69 Å². The third-order valence-corrected chi connectivity index (χ3v) is 7.30. The molecule has 2 aliphatic heterocycles. The first-order valence-electron chi connectivity index (χ1n) is 18.8. The van der Waals surface area contributed by atoms with Crippen molar-refractivity contribution in [3.63, 3.8) is 0 Å². The van der Waals surface area contributed by atoms with Crippen molar-refractivity contribution in [2.75, 3.05) is 33.3 Å². The molecule has 7 heteroatoms. The first-order chi connectivity index (χ1) is 24.5. The molecule has 3 aliphatic rings. The molecule has 2 saturated heterocycles. The number of allylic oxidation sites excluding steroid dienone is 9. The van der Waals surface area contributed by atoms with E-state index >= 15 is 0 Å². The lowest BCUT2D eigenvalue weighted by molar-refractivity contribution is 0.0799. The van der Waals surface area contributed by atoms with Crippen LogP contribution in [0.3, 0.4) is 0 Å². The van der Waals surface area contributed by atoms with Crippen LogP contribution in [0.25, 0.3) is 0 Å². The molecule has 3 heterocycles. The van der Waals surface area contributed by atoms with Crippen molar-refractivity contribution in [1.82, 2.24) is 14.5 Å². The second kappa shape index (κ2) is 35.3. The van der Waals surface area contributed by atoms with Crippen molar-refractivity contribution in [2.45, 2.75) is 127 Å². The molecule has 4 rings (SSSR count). The van der Waals surface area contributed by atoms with Gasteiger partial charge in [-0.2, -0.15) is 0 Å². The van der Waals surface area contributed by atoms with E-state index in [9.17, 15) is 0 Å². The van der Waals surface area contributed by atoms with Crippen LogP contribution in [0.2, 0.25) is 0 Å². The summed E-state index contributed by atoms with van der Waals surface area (Å²) in [5.41, 5.74) is 1.32. The molecule has 1 aromatic rings. The van der Waals surface area contributed by atoms with Crippen LogP contribution in [-0.4, -0.2) is 47.7 Å². The highest BCUT2D eigenvalue weighted by Crippen LogP contribution is 2.29. The van der Waals surface area contributed by atoms with Gasteiger partial charge in [-0.25, -0.2) is 4.98 Å². The van der Waals surface area contributed by atoms with E-state index in [2.05, 4.69) is 60.0 Å². The van der Waals surface area contributed by atoms with Crippen LogP contribution in [0.1, 0.15) is 125 Å². The van der Waals surface area contributed by atoms with Gasteiger partial charge in [0.2, 0.25) is 6.79 Å². The van der Waals surface area contributed by atoms with Crippen LogP contribution in [0, 0.1) is 0 Å². The van der Waals surface area contributed by atoms with E-state index in [1.165, 1.54) is 30.8 Å². The molecule has 1 unspecified atom stereocenters. The predicted molar refractivity (Wildman–Crippen MR) is 216 cm³/mol. The van der Waals surface area contributed by atoms with Gasteiger partial charge >= 0.3 is 0 Å². The van der Waals surface area contributed by atoms with Crippen molar-refractivity contribution in [2.24, 2.45) is 0 Å². The molecule has 1 aromatic heterocycles. The average molecular weight is 696 g/mol. The number of hydrogen-bond acceptors (Lipinski definition) is 6. The topological polar surface area (TPSA) is 58.0 Å². The fraction of sp³-hybridized carbons (Fsp3) is 0.558. The molecular formula is C43H73N3O4. The summed E-state index contributed by atoms with van der Waals surface area (Å²) in [6, 6.07) is 0. The molecule has 1 atom stereocenters. The van der Waals surface area contributed by atoms with E-state index in [1.807, 2.05) is 98.8 Å². The number of nitrogens with zero attached hydrogens (tertiary/aromatic N) is 3. The van der Waals surface area contributed by atoms with Crippen molar-refractivity contribution in [3.8, 4) is 0 Å². The van der Waals surface area contributed by atoms with Crippen molar-refractivity contribution in [1.29, 1.82) is 0 Å². The van der Waals surface area contributed by atoms with E-state index in [0.29, 0.717) is 26.1 Å². The van der Waals surface area contributed by atoms with E-state index in [1.54, 1.807) is 6.08 Å². The Morgan fingerprint density at radius 3 is 2.16 bits per heavy atom. The fourth-order valence-electron chi connectivity index (χ4n) is 4.78. The zero-order valence-corrected chi connectivity index (χ0v) is 33.6. The standard InChI is InChI=1S/C27H39N3O2.C5H8O2.C4H8.C3H6.2C2H6/c1-4-7-12-17-29(18-13-16-26-25(6-3)31-22-32-26)21-24-20-28-27(30(24)19-8-5-2)23-14-10-9-11-15-23;1-2-5-3-6-4-7-5;1-3-4-2;1-3-2;2*1-2/h4,6-7,9-10,12,16,20,23H,1,5,8,11,13-15,17-19,21-22H2,2-3H3;2H,3-4H2,1H3;3-4H,1-2H3;3H,1H2,2H3;2*1-2H3/b12-7+,25-6+,26-16+;5-2+;4-3-;;;. The third-order valence-electron chi connectivity index (χ3n) is 7.30. The van der Waals surface area contributed by atoms with E-state index in [0.717, 1.165) is 62.7 Å². The van der Waals surface area contributed by atoms with Gasteiger partial charge in [-0.3, -0.25) is 4.90 Å². The molecule has 50 heavy (non-hydrogen) atoms. The number of aromatic nitrogens is 2. The first-order valence-corrected chi connectivity index (χ1v) is 18.8. The number of imidazole rings is 1. The summed E-state index contributed by atoms with van der Waals surface area (Å²) in [7, 11) is 0. The Labute approximate surface area is 307 Å². The molecule has 2 fully saturated rings. The Kier molecular flexibility index (Phi) is 34.3. The van der Waals surface area contributed by atoms with Crippen LogP contribution >= 0.6 is 0 Å². The van der Waals surface area contributed by atoms with Crippen LogP contribution < -0.4 is 0 Å². The van der Waals surface area contributed by atoms with Crippen molar-refractivity contribution >= 4 is 0 Å². The SMILES string of the molecule is C/C=C1\COCO1.C/C=C\C.C=C/C=C/CN(CC/C=C1/OCO/C1=C/C)Cc1cnc(C2CC=CCC2)n1CCCC.C=CC.CC.CC. The summed E-state index contributed by atoms with van der Waals surface area (Å²) in [6.07, 6.45) is 31.3. The van der Waals surface area contributed by atoms with Crippen molar-refractivity contribution in [3.05, 3.63) is 115 Å². The summed E-state index contributed by atoms with van der Waals surface area (Å²) >= 11 is 0. The Morgan fingerprint density at radius 1 is 0.940 bits per heavy atom. The number of unbranched alkanes of at least 4 members (excludes halogenated alkanes) is 1. The first kappa shape index (κ1) is 48.6. The summed E-state index contributed by atoms with van der Waals surface area (Å²) in [5.74, 6) is 4.46. The van der Waals surface area contributed by atoms with Gasteiger partial charge < -0.3 is 23.5 Å². The molecular weight excluding hydrogens is 622 g/mol.